The molecule has 3 heteroatoms. The number of para-hydroxylation sites is 1. The molecule has 0 aliphatic rings. The Labute approximate surface area is 159 Å². The van der Waals surface area contributed by atoms with Gasteiger partial charge in [0.05, 0.1) is 5.69 Å². The second-order valence-electron chi connectivity index (χ2n) is 5.90. The van der Waals surface area contributed by atoms with Crippen molar-refractivity contribution >= 4 is 23.3 Å². The van der Waals surface area contributed by atoms with Gasteiger partial charge in [0.1, 0.15) is 5.75 Å². The lowest BCUT2D eigenvalue weighted by molar-refractivity contribution is 0.551. The second kappa shape index (κ2) is 9.07. The summed E-state index contributed by atoms with van der Waals surface area (Å²) in [5.41, 5.74) is 3.04. The number of nitrogens with zero attached hydrogens (tertiary/aromatic N) is 1. The predicted octanol–water partition coefficient (Wildman–Crippen LogP) is 6.80. The number of aryl methyl sites for hydroxylation is 1. The Morgan fingerprint density at radius 3 is 2.12 bits per heavy atom. The summed E-state index contributed by atoms with van der Waals surface area (Å²) in [5.74, 6) is 1.38. The van der Waals surface area contributed by atoms with E-state index in [0.717, 1.165) is 17.0 Å². The first kappa shape index (κ1) is 18.0. The van der Waals surface area contributed by atoms with E-state index in [4.69, 9.17) is 9.73 Å². The number of benzene rings is 3. The van der Waals surface area contributed by atoms with Crippen molar-refractivity contribution in [2.75, 3.05) is 0 Å². The topological polar surface area (TPSA) is 21.6 Å². The van der Waals surface area contributed by atoms with Crippen LogP contribution < -0.4 is 4.74 Å². The lowest BCUT2D eigenvalue weighted by atomic mass is 10.2. The molecule has 0 atom stereocenters. The Balaban J connectivity index is 1.86. The minimum Gasteiger partial charge on any atom is -0.439 e. The van der Waals surface area contributed by atoms with Gasteiger partial charge in [-0.1, -0.05) is 65.9 Å². The van der Waals surface area contributed by atoms with Gasteiger partial charge in [-0.3, -0.25) is 0 Å². The maximum atomic E-state index is 6.09. The van der Waals surface area contributed by atoms with Crippen molar-refractivity contribution in [2.45, 2.75) is 18.7 Å². The van der Waals surface area contributed by atoms with Crippen LogP contribution in [-0.4, -0.2) is 5.90 Å². The average Bonchev–Trinajstić information content (AvgIpc) is 2.69. The largest absolute Gasteiger partial charge is 0.439 e. The van der Waals surface area contributed by atoms with Gasteiger partial charge in [0, 0.05) is 10.5 Å². The monoisotopic (exact) mass is 359 g/mol. The van der Waals surface area contributed by atoms with E-state index in [2.05, 4.69) is 24.5 Å². The molecule has 26 heavy (non-hydrogen) atoms. The first-order valence-electron chi connectivity index (χ1n) is 8.48. The summed E-state index contributed by atoms with van der Waals surface area (Å²) in [6.45, 7) is 4.08. The highest BCUT2D eigenvalue weighted by atomic mass is 32.2. The fraction of sp³-hybridized carbons (Fsp3) is 0.0870. The SMILES string of the molecule is C/C(=C\Sc1ccccc1)C(=Nc1ccccc1)Oc1ccc(C)cc1. The zero-order valence-electron chi connectivity index (χ0n) is 14.9. The van der Waals surface area contributed by atoms with Gasteiger partial charge >= 0.3 is 0 Å². The molecule has 2 nitrogen and oxygen atoms in total. The Morgan fingerprint density at radius 2 is 1.46 bits per heavy atom. The van der Waals surface area contributed by atoms with Crippen LogP contribution in [0.5, 0.6) is 5.75 Å². The van der Waals surface area contributed by atoms with Gasteiger partial charge in [0.25, 0.3) is 0 Å². The number of hydrogen-bond acceptors (Lipinski definition) is 3. The minimum absolute atomic E-state index is 0.600. The summed E-state index contributed by atoms with van der Waals surface area (Å²) in [5, 5.41) is 2.07. The van der Waals surface area contributed by atoms with Gasteiger partial charge in [0.15, 0.2) is 0 Å². The quantitative estimate of drug-likeness (QED) is 0.284. The van der Waals surface area contributed by atoms with Crippen LogP contribution in [0.2, 0.25) is 0 Å². The van der Waals surface area contributed by atoms with E-state index in [1.165, 1.54) is 10.5 Å². The first-order valence-corrected chi connectivity index (χ1v) is 9.36. The van der Waals surface area contributed by atoms with E-state index >= 15 is 0 Å². The van der Waals surface area contributed by atoms with Crippen LogP contribution in [-0.2, 0) is 0 Å². The van der Waals surface area contributed by atoms with E-state index in [-0.39, 0.29) is 0 Å². The second-order valence-corrected chi connectivity index (χ2v) is 6.84. The summed E-state index contributed by atoms with van der Waals surface area (Å²) >= 11 is 1.66. The Bertz CT molecular complexity index is 885. The predicted molar refractivity (Wildman–Crippen MR) is 111 cm³/mol. The maximum absolute atomic E-state index is 6.09. The molecule has 0 fully saturated rings. The normalized spacial score (nSPS) is 12.1. The molecular formula is C23H21NOS. The highest BCUT2D eigenvalue weighted by Crippen LogP contribution is 2.23. The lowest BCUT2D eigenvalue weighted by Gasteiger charge is -2.10. The number of aliphatic imine (C=N–C) groups is 1. The molecule has 0 aliphatic carbocycles. The lowest BCUT2D eigenvalue weighted by Crippen LogP contribution is -2.09. The number of rotatable bonds is 5. The molecule has 130 valence electrons. The number of hydrogen-bond donors (Lipinski definition) is 0. The van der Waals surface area contributed by atoms with Crippen LogP contribution in [0.1, 0.15) is 12.5 Å². The number of ether oxygens (including phenoxy) is 1. The summed E-state index contributed by atoms with van der Waals surface area (Å²) < 4.78 is 6.09. The molecule has 3 rings (SSSR count). The molecule has 0 N–H and O–H groups in total. The molecule has 0 unspecified atom stereocenters. The average molecular weight is 359 g/mol. The van der Waals surface area contributed by atoms with Gasteiger partial charge in [-0.15, -0.1) is 0 Å². The summed E-state index contributed by atoms with van der Waals surface area (Å²) in [7, 11) is 0. The highest BCUT2D eigenvalue weighted by Gasteiger charge is 2.07. The maximum Gasteiger partial charge on any atom is 0.223 e. The molecule has 0 aromatic heterocycles. The zero-order valence-corrected chi connectivity index (χ0v) is 15.7. The molecule has 0 saturated heterocycles. The van der Waals surface area contributed by atoms with E-state index < -0.39 is 0 Å². The van der Waals surface area contributed by atoms with Crippen molar-refractivity contribution in [1.82, 2.24) is 0 Å². The fourth-order valence-corrected chi connectivity index (χ4v) is 2.96. The van der Waals surface area contributed by atoms with Gasteiger partial charge in [0.2, 0.25) is 5.90 Å². The van der Waals surface area contributed by atoms with E-state index in [9.17, 15) is 0 Å². The third kappa shape index (κ3) is 5.36. The molecule has 3 aromatic carbocycles. The molecule has 0 aliphatic heterocycles. The molecule has 0 heterocycles. The van der Waals surface area contributed by atoms with Gasteiger partial charge in [-0.05, 0) is 55.7 Å². The third-order valence-corrected chi connectivity index (χ3v) is 4.69. The van der Waals surface area contributed by atoms with E-state index in [0.29, 0.717) is 5.90 Å². The van der Waals surface area contributed by atoms with Crippen LogP contribution in [0.25, 0.3) is 0 Å². The van der Waals surface area contributed by atoms with Crippen molar-refractivity contribution in [3.05, 3.63) is 101 Å². The third-order valence-electron chi connectivity index (χ3n) is 3.67. The van der Waals surface area contributed by atoms with Crippen LogP contribution in [0.4, 0.5) is 5.69 Å². The van der Waals surface area contributed by atoms with Crippen LogP contribution in [0.3, 0.4) is 0 Å². The highest BCUT2D eigenvalue weighted by molar-refractivity contribution is 8.02. The van der Waals surface area contributed by atoms with Crippen LogP contribution in [0, 0.1) is 6.92 Å². The zero-order chi connectivity index (χ0) is 18.2. The first-order chi connectivity index (χ1) is 12.7. The smallest absolute Gasteiger partial charge is 0.223 e. The summed E-state index contributed by atoms with van der Waals surface area (Å²) in [6, 6.07) is 28.1. The van der Waals surface area contributed by atoms with Crippen molar-refractivity contribution in [1.29, 1.82) is 0 Å². The molecule has 0 spiro atoms. The molecule has 0 radical (unpaired) electrons. The van der Waals surface area contributed by atoms with E-state index in [1.54, 1.807) is 11.8 Å². The molecule has 0 bridgehead atoms. The fourth-order valence-electron chi connectivity index (χ4n) is 2.24. The summed E-state index contributed by atoms with van der Waals surface area (Å²) in [6.07, 6.45) is 0. The van der Waals surface area contributed by atoms with Crippen molar-refractivity contribution in [2.24, 2.45) is 4.99 Å². The molecular weight excluding hydrogens is 338 g/mol. The summed E-state index contributed by atoms with van der Waals surface area (Å²) in [4.78, 5) is 5.88. The Hall–Kier alpha value is -2.78. The van der Waals surface area contributed by atoms with Gasteiger partial charge in [-0.2, -0.15) is 0 Å². The van der Waals surface area contributed by atoms with Gasteiger partial charge < -0.3 is 4.74 Å². The van der Waals surface area contributed by atoms with Crippen molar-refractivity contribution < 1.29 is 4.74 Å². The van der Waals surface area contributed by atoms with Gasteiger partial charge in [-0.25, -0.2) is 4.99 Å². The Kier molecular flexibility index (Phi) is 6.29. The van der Waals surface area contributed by atoms with Crippen LogP contribution >= 0.6 is 11.8 Å². The van der Waals surface area contributed by atoms with Crippen molar-refractivity contribution in [3.63, 3.8) is 0 Å². The standard InChI is InChI=1S/C23H21NOS/c1-18-13-15-21(16-14-18)25-23(24-20-9-5-3-6-10-20)19(2)17-26-22-11-7-4-8-12-22/h3-17H,1-2H3/b19-17+,24-23?. The molecule has 0 saturated carbocycles. The molecule has 0 amide bonds. The van der Waals surface area contributed by atoms with Crippen LogP contribution in [0.15, 0.2) is 106 Å². The minimum atomic E-state index is 0.600. The Morgan fingerprint density at radius 1 is 0.846 bits per heavy atom. The van der Waals surface area contributed by atoms with E-state index in [1.807, 2.05) is 79.7 Å². The van der Waals surface area contributed by atoms with Crippen molar-refractivity contribution in [3.8, 4) is 5.75 Å². The molecule has 3 aromatic rings. The number of thioether (sulfide) groups is 1.